The zero-order valence-corrected chi connectivity index (χ0v) is 5.57. The second-order valence-electron chi connectivity index (χ2n) is 1.11. The molecule has 0 aliphatic carbocycles. The summed E-state index contributed by atoms with van der Waals surface area (Å²) in [6, 6.07) is 0. The summed E-state index contributed by atoms with van der Waals surface area (Å²) in [4.78, 5) is 9.24. The van der Waals surface area contributed by atoms with Crippen molar-refractivity contribution in [3.8, 4) is 0 Å². The predicted molar refractivity (Wildman–Crippen MR) is 37.7 cm³/mol. The Morgan fingerprint density at radius 2 is 2.78 bits per heavy atom. The Hall–Kier alpha value is -0.710. The van der Waals surface area contributed by atoms with Gasteiger partial charge in [0.05, 0.1) is 4.92 Å². The Balaban J connectivity index is 4.28. The van der Waals surface area contributed by atoms with Crippen LogP contribution in [-0.2, 0) is 0 Å². The molecule has 0 radical (unpaired) electrons. The Bertz CT molecular complexity index is 203. The molecule has 0 aliphatic heterocycles. The molecule has 1 N–H and O–H groups in total. The van der Waals surface area contributed by atoms with E-state index in [4.69, 9.17) is 4.11 Å². The molecular formula is C4H8N2O2S. The van der Waals surface area contributed by atoms with E-state index in [0.717, 1.165) is 11.8 Å². The van der Waals surface area contributed by atoms with E-state index in [1.54, 1.807) is 6.26 Å². The van der Waals surface area contributed by atoms with Gasteiger partial charge in [-0.2, -0.15) is 0 Å². The molecule has 0 saturated carbocycles. The second-order valence-corrected chi connectivity index (χ2v) is 1.96. The zero-order valence-electron chi connectivity index (χ0n) is 7.75. The largest absolute Gasteiger partial charge is 0.378 e. The molecule has 0 amide bonds. The number of nitrogens with one attached hydrogen (secondary N) is 1. The van der Waals surface area contributed by atoms with E-state index in [1.165, 1.54) is 0 Å². The van der Waals surface area contributed by atoms with Crippen molar-refractivity contribution in [2.75, 3.05) is 13.2 Å². The number of hydrogen-bond acceptors (Lipinski definition) is 4. The fourth-order valence-electron chi connectivity index (χ4n) is 0.232. The maximum Gasteiger partial charge on any atom is 0.263 e. The molecule has 0 aromatic carbocycles. The molecule has 0 saturated heterocycles. The molecule has 0 rings (SSSR count). The highest BCUT2D eigenvalue weighted by Crippen LogP contribution is 2.04. The second kappa shape index (κ2) is 4.20. The van der Waals surface area contributed by atoms with Crippen LogP contribution in [0.5, 0.6) is 0 Å². The third-order valence-electron chi connectivity index (χ3n) is 0.566. The molecule has 5 heteroatoms. The van der Waals surface area contributed by atoms with Crippen molar-refractivity contribution >= 4 is 11.8 Å². The first-order valence-corrected chi connectivity index (χ1v) is 3.25. The molecule has 4 nitrogen and oxygen atoms in total. The molecule has 0 bridgehead atoms. The number of nitrogens with zero attached hydrogens (tertiary/aromatic N) is 1. The summed E-state index contributed by atoms with van der Waals surface area (Å²) in [5.74, 6) is 0. The lowest BCUT2D eigenvalue weighted by molar-refractivity contribution is -0.403. The first-order valence-electron chi connectivity index (χ1n) is 3.52. The summed E-state index contributed by atoms with van der Waals surface area (Å²) in [6.45, 7) is -2.38. The quantitative estimate of drug-likeness (QED) is 0.475. The normalized spacial score (nSPS) is 17.4. The van der Waals surface area contributed by atoms with E-state index in [0.29, 0.717) is 6.20 Å². The van der Waals surface area contributed by atoms with E-state index in [1.807, 2.05) is 5.32 Å². The first-order chi connectivity index (χ1) is 5.35. The molecule has 0 aromatic rings. The van der Waals surface area contributed by atoms with Gasteiger partial charge in [-0.1, -0.05) is 0 Å². The average Bonchev–Trinajstić information content (AvgIpc) is 1.82. The van der Waals surface area contributed by atoms with E-state index in [9.17, 15) is 10.1 Å². The monoisotopic (exact) mass is 151 g/mol. The molecule has 52 valence electrons. The van der Waals surface area contributed by atoms with Crippen LogP contribution in [0.2, 0.25) is 0 Å². The van der Waals surface area contributed by atoms with Crippen LogP contribution in [0.25, 0.3) is 0 Å². The minimum atomic E-state index is -2.38. The van der Waals surface area contributed by atoms with Gasteiger partial charge in [0.2, 0.25) is 0 Å². The molecule has 0 unspecified atom stereocenters. The average molecular weight is 151 g/mol. The number of hydrogen-bond donors (Lipinski definition) is 1. The van der Waals surface area contributed by atoms with Gasteiger partial charge in [0, 0.05) is 11.1 Å². The van der Waals surface area contributed by atoms with E-state index in [-0.39, 0.29) is 5.03 Å². The van der Waals surface area contributed by atoms with Gasteiger partial charge in [-0.3, -0.25) is 10.1 Å². The van der Waals surface area contributed by atoms with Gasteiger partial charge >= 0.3 is 0 Å². The predicted octanol–water partition coefficient (Wildman–Crippen LogP) is 0.644. The third-order valence-corrected chi connectivity index (χ3v) is 1.21. The summed E-state index contributed by atoms with van der Waals surface area (Å²) in [6.07, 6.45) is 2.17. The number of rotatable bonds is 3. The SMILES string of the molecule is [2H]C([2H])([2H])NC(=C[N+](=O)[O-])SC. The molecule has 0 atom stereocenters. The van der Waals surface area contributed by atoms with Crippen LogP contribution in [0.1, 0.15) is 4.11 Å². The Kier molecular flexibility index (Phi) is 1.94. The van der Waals surface area contributed by atoms with E-state index < -0.39 is 11.9 Å². The lowest BCUT2D eigenvalue weighted by Gasteiger charge is -1.94. The smallest absolute Gasteiger partial charge is 0.263 e. The van der Waals surface area contributed by atoms with Gasteiger partial charge in [0.15, 0.2) is 0 Å². The zero-order chi connectivity index (χ0) is 9.78. The fourth-order valence-corrected chi connectivity index (χ4v) is 0.525. The highest BCUT2D eigenvalue weighted by atomic mass is 32.2. The van der Waals surface area contributed by atoms with Gasteiger partial charge < -0.3 is 5.32 Å². The summed E-state index contributed by atoms with van der Waals surface area (Å²) in [7, 11) is 0. The molecular weight excluding hydrogens is 140 g/mol. The van der Waals surface area contributed by atoms with Crippen LogP contribution in [0.4, 0.5) is 0 Å². The highest BCUT2D eigenvalue weighted by Gasteiger charge is 1.94. The van der Waals surface area contributed by atoms with Gasteiger partial charge in [0.25, 0.3) is 6.20 Å². The fraction of sp³-hybridized carbons (Fsp3) is 0.500. The van der Waals surface area contributed by atoms with Crippen LogP contribution in [0, 0.1) is 10.1 Å². The maximum absolute atomic E-state index is 9.95. The topological polar surface area (TPSA) is 55.2 Å². The molecule has 0 heterocycles. The van der Waals surface area contributed by atoms with Crippen LogP contribution in [-0.4, -0.2) is 18.2 Å². The highest BCUT2D eigenvalue weighted by molar-refractivity contribution is 8.02. The summed E-state index contributed by atoms with van der Waals surface area (Å²) in [5.41, 5.74) is 0. The summed E-state index contributed by atoms with van der Waals surface area (Å²) in [5, 5.41) is 12.0. The van der Waals surface area contributed by atoms with E-state index >= 15 is 0 Å². The molecule has 0 fully saturated rings. The summed E-state index contributed by atoms with van der Waals surface area (Å²) >= 11 is 0.973. The minimum Gasteiger partial charge on any atom is -0.378 e. The third kappa shape index (κ3) is 3.84. The Labute approximate surface area is 61.7 Å². The Morgan fingerprint density at radius 1 is 2.11 bits per heavy atom. The van der Waals surface area contributed by atoms with Crippen molar-refractivity contribution in [2.24, 2.45) is 0 Å². The number of thioether (sulfide) groups is 1. The molecule has 9 heavy (non-hydrogen) atoms. The van der Waals surface area contributed by atoms with Crippen molar-refractivity contribution in [2.45, 2.75) is 0 Å². The van der Waals surface area contributed by atoms with Crippen molar-refractivity contribution in [3.63, 3.8) is 0 Å². The van der Waals surface area contributed by atoms with Crippen LogP contribution < -0.4 is 5.32 Å². The summed E-state index contributed by atoms with van der Waals surface area (Å²) < 4.78 is 20.3. The Morgan fingerprint density at radius 3 is 3.11 bits per heavy atom. The van der Waals surface area contributed by atoms with E-state index in [2.05, 4.69) is 0 Å². The van der Waals surface area contributed by atoms with Gasteiger partial charge in [0.1, 0.15) is 5.03 Å². The van der Waals surface area contributed by atoms with Crippen molar-refractivity contribution in [1.82, 2.24) is 5.32 Å². The van der Waals surface area contributed by atoms with Crippen molar-refractivity contribution in [1.29, 1.82) is 0 Å². The maximum atomic E-state index is 9.95. The standard InChI is InChI=1S/C4H8N2O2S/c1-5-4(9-2)3-6(7)8/h3,5H,1-2H3/i1D3. The first kappa shape index (κ1) is 4.16. The lowest BCUT2D eigenvalue weighted by Crippen LogP contribution is -2.03. The van der Waals surface area contributed by atoms with Gasteiger partial charge in [-0.25, -0.2) is 0 Å². The van der Waals surface area contributed by atoms with Gasteiger partial charge in [-0.15, -0.1) is 11.8 Å². The van der Waals surface area contributed by atoms with Crippen molar-refractivity contribution < 1.29 is 9.04 Å². The minimum absolute atomic E-state index is 0.0139. The molecule has 0 aliphatic rings. The van der Waals surface area contributed by atoms with Crippen LogP contribution in [0.15, 0.2) is 11.2 Å². The molecule has 0 aromatic heterocycles. The number of nitro groups is 1. The lowest BCUT2D eigenvalue weighted by atomic mass is 10.9. The van der Waals surface area contributed by atoms with Crippen LogP contribution in [0.3, 0.4) is 0 Å². The molecule has 0 spiro atoms. The van der Waals surface area contributed by atoms with Gasteiger partial charge in [-0.05, 0) is 6.26 Å². The van der Waals surface area contributed by atoms with Crippen molar-refractivity contribution in [3.05, 3.63) is 21.3 Å². The van der Waals surface area contributed by atoms with Crippen LogP contribution >= 0.6 is 11.8 Å².